The molecule has 0 amide bonds. The Hall–Kier alpha value is -2.89. The molecule has 134 valence electrons. The Balaban J connectivity index is 2.24. The first-order valence-electron chi connectivity index (χ1n) is 7.82. The predicted molar refractivity (Wildman–Crippen MR) is 93.5 cm³/mol. The fraction of sp³-hybridized carbons (Fsp3) is 0.316. The van der Waals surface area contributed by atoms with Gasteiger partial charge in [0, 0.05) is 12.1 Å². The molecule has 0 fully saturated rings. The Labute approximate surface area is 147 Å². The first kappa shape index (κ1) is 18.4. The summed E-state index contributed by atoms with van der Waals surface area (Å²) in [5.74, 6) is 2.08. The van der Waals surface area contributed by atoms with Crippen molar-refractivity contribution in [1.29, 1.82) is 0 Å². The Morgan fingerprint density at radius 3 is 1.88 bits per heavy atom. The van der Waals surface area contributed by atoms with Crippen molar-refractivity contribution >= 4 is 5.78 Å². The second-order valence-corrected chi connectivity index (χ2v) is 5.00. The lowest BCUT2D eigenvalue weighted by Crippen LogP contribution is -2.14. The SMILES string of the molecule is CCOc1ccccc1OCC(=O)c1c(OC)cc(OC)cc1OC. The van der Waals surface area contributed by atoms with Gasteiger partial charge in [-0.25, -0.2) is 0 Å². The van der Waals surface area contributed by atoms with Gasteiger partial charge in [0.15, 0.2) is 18.1 Å². The van der Waals surface area contributed by atoms with E-state index in [9.17, 15) is 4.79 Å². The standard InChI is InChI=1S/C19H22O6/c1-5-24-15-8-6-7-9-16(15)25-12-14(20)19-17(22-3)10-13(21-2)11-18(19)23-4/h6-11H,5,12H2,1-4H3. The minimum Gasteiger partial charge on any atom is -0.496 e. The third-order valence-corrected chi connectivity index (χ3v) is 3.50. The van der Waals surface area contributed by atoms with Crippen molar-refractivity contribution in [3.05, 3.63) is 42.0 Å². The van der Waals surface area contributed by atoms with Crippen LogP contribution in [0.2, 0.25) is 0 Å². The van der Waals surface area contributed by atoms with Crippen molar-refractivity contribution < 1.29 is 28.5 Å². The largest absolute Gasteiger partial charge is 0.496 e. The minimum absolute atomic E-state index is 0.177. The molecule has 0 aliphatic heterocycles. The molecule has 0 aromatic heterocycles. The molecule has 0 aliphatic rings. The number of hydrogen-bond acceptors (Lipinski definition) is 6. The molecule has 2 aromatic rings. The van der Waals surface area contributed by atoms with Crippen LogP contribution in [0.1, 0.15) is 17.3 Å². The summed E-state index contributed by atoms with van der Waals surface area (Å²) in [4.78, 5) is 12.7. The summed E-state index contributed by atoms with van der Waals surface area (Å²) in [6, 6.07) is 10.5. The highest BCUT2D eigenvalue weighted by atomic mass is 16.5. The number of ketones is 1. The number of rotatable bonds is 9. The number of carbonyl (C=O) groups excluding carboxylic acids is 1. The molecule has 6 heteroatoms. The summed E-state index contributed by atoms with van der Waals surface area (Å²) in [7, 11) is 4.50. The van der Waals surface area contributed by atoms with Crippen LogP contribution in [-0.4, -0.2) is 40.3 Å². The normalized spacial score (nSPS) is 10.1. The lowest BCUT2D eigenvalue weighted by atomic mass is 10.1. The molecule has 0 unspecified atom stereocenters. The van der Waals surface area contributed by atoms with Crippen LogP contribution >= 0.6 is 0 Å². The second-order valence-electron chi connectivity index (χ2n) is 5.00. The number of Topliss-reactive ketones (excluding diaryl/α,β-unsaturated/α-hetero) is 1. The molecule has 25 heavy (non-hydrogen) atoms. The Morgan fingerprint density at radius 1 is 0.840 bits per heavy atom. The number of hydrogen-bond donors (Lipinski definition) is 0. The summed E-state index contributed by atoms with van der Waals surface area (Å²) in [5, 5.41) is 0. The summed E-state index contributed by atoms with van der Waals surface area (Å²) in [6.07, 6.45) is 0. The van der Waals surface area contributed by atoms with E-state index < -0.39 is 0 Å². The van der Waals surface area contributed by atoms with Gasteiger partial charge in [0.2, 0.25) is 5.78 Å². The highest BCUT2D eigenvalue weighted by Gasteiger charge is 2.21. The van der Waals surface area contributed by atoms with Gasteiger partial charge in [-0.1, -0.05) is 12.1 Å². The summed E-state index contributed by atoms with van der Waals surface area (Å²) >= 11 is 0. The summed E-state index contributed by atoms with van der Waals surface area (Å²) < 4.78 is 26.9. The third kappa shape index (κ3) is 4.35. The van der Waals surface area contributed by atoms with Gasteiger partial charge in [0.05, 0.1) is 27.9 Å². The van der Waals surface area contributed by atoms with Gasteiger partial charge >= 0.3 is 0 Å². The van der Waals surface area contributed by atoms with Crippen molar-refractivity contribution in [3.63, 3.8) is 0 Å². The van der Waals surface area contributed by atoms with Gasteiger partial charge in [-0.05, 0) is 19.1 Å². The van der Waals surface area contributed by atoms with Crippen molar-refractivity contribution in [2.45, 2.75) is 6.92 Å². The molecule has 0 aliphatic carbocycles. The van der Waals surface area contributed by atoms with Crippen molar-refractivity contribution in [1.82, 2.24) is 0 Å². The third-order valence-electron chi connectivity index (χ3n) is 3.50. The second kappa shape index (κ2) is 8.82. The fourth-order valence-corrected chi connectivity index (χ4v) is 2.34. The van der Waals surface area contributed by atoms with Crippen LogP contribution in [0.4, 0.5) is 0 Å². The van der Waals surface area contributed by atoms with E-state index in [-0.39, 0.29) is 12.4 Å². The highest BCUT2D eigenvalue weighted by molar-refractivity contribution is 6.02. The maximum absolute atomic E-state index is 12.7. The van der Waals surface area contributed by atoms with Crippen molar-refractivity contribution in [2.24, 2.45) is 0 Å². The van der Waals surface area contributed by atoms with Gasteiger partial charge in [0.25, 0.3) is 0 Å². The average molecular weight is 346 g/mol. The first-order valence-corrected chi connectivity index (χ1v) is 7.82. The van der Waals surface area contributed by atoms with E-state index >= 15 is 0 Å². The minimum atomic E-state index is -0.275. The molecule has 2 aromatic carbocycles. The zero-order chi connectivity index (χ0) is 18.2. The number of methoxy groups -OCH3 is 3. The molecule has 0 saturated carbocycles. The molecule has 0 radical (unpaired) electrons. The molecule has 0 heterocycles. The van der Waals surface area contributed by atoms with Gasteiger partial charge in [0.1, 0.15) is 22.8 Å². The summed E-state index contributed by atoms with van der Waals surface area (Å²) in [6.45, 7) is 2.21. The number of benzene rings is 2. The summed E-state index contributed by atoms with van der Waals surface area (Å²) in [5.41, 5.74) is 0.305. The van der Waals surface area contributed by atoms with Gasteiger partial charge in [-0.3, -0.25) is 4.79 Å². The van der Waals surface area contributed by atoms with Crippen LogP contribution in [0.3, 0.4) is 0 Å². The average Bonchev–Trinajstić information content (AvgIpc) is 2.66. The van der Waals surface area contributed by atoms with E-state index in [2.05, 4.69) is 0 Å². The highest BCUT2D eigenvalue weighted by Crippen LogP contribution is 2.35. The molecular weight excluding hydrogens is 324 g/mol. The molecular formula is C19H22O6. The monoisotopic (exact) mass is 346 g/mol. The quantitative estimate of drug-likeness (QED) is 0.649. The van der Waals surface area contributed by atoms with E-state index in [1.165, 1.54) is 21.3 Å². The molecule has 0 atom stereocenters. The first-order chi connectivity index (χ1) is 12.1. The van der Waals surface area contributed by atoms with Crippen LogP contribution in [-0.2, 0) is 0 Å². The molecule has 0 spiro atoms. The van der Waals surface area contributed by atoms with Crippen LogP contribution in [0.15, 0.2) is 36.4 Å². The number of carbonyl (C=O) groups is 1. The zero-order valence-electron chi connectivity index (χ0n) is 14.8. The van der Waals surface area contributed by atoms with Gasteiger partial charge in [-0.2, -0.15) is 0 Å². The Kier molecular flexibility index (Phi) is 6.51. The van der Waals surface area contributed by atoms with E-state index in [0.29, 0.717) is 40.9 Å². The van der Waals surface area contributed by atoms with Gasteiger partial charge < -0.3 is 23.7 Å². The molecule has 0 bridgehead atoms. The van der Waals surface area contributed by atoms with Crippen LogP contribution in [0, 0.1) is 0 Å². The Morgan fingerprint density at radius 2 is 1.40 bits per heavy atom. The van der Waals surface area contributed by atoms with E-state index in [0.717, 1.165) is 0 Å². The Bertz CT molecular complexity index is 701. The molecule has 2 rings (SSSR count). The molecule has 6 nitrogen and oxygen atoms in total. The maximum Gasteiger partial charge on any atom is 0.207 e. The van der Waals surface area contributed by atoms with Gasteiger partial charge in [-0.15, -0.1) is 0 Å². The lowest BCUT2D eigenvalue weighted by molar-refractivity contribution is 0.0912. The fourth-order valence-electron chi connectivity index (χ4n) is 2.34. The van der Waals surface area contributed by atoms with Crippen LogP contribution < -0.4 is 23.7 Å². The van der Waals surface area contributed by atoms with E-state index in [4.69, 9.17) is 23.7 Å². The van der Waals surface area contributed by atoms with Crippen LogP contribution in [0.25, 0.3) is 0 Å². The zero-order valence-corrected chi connectivity index (χ0v) is 14.8. The van der Waals surface area contributed by atoms with Crippen LogP contribution in [0.5, 0.6) is 28.7 Å². The van der Waals surface area contributed by atoms with E-state index in [1.54, 1.807) is 24.3 Å². The predicted octanol–water partition coefficient (Wildman–Crippen LogP) is 3.37. The topological polar surface area (TPSA) is 63.2 Å². The smallest absolute Gasteiger partial charge is 0.207 e. The maximum atomic E-state index is 12.7. The lowest BCUT2D eigenvalue weighted by Gasteiger charge is -2.15. The van der Waals surface area contributed by atoms with Crippen molar-refractivity contribution in [3.8, 4) is 28.7 Å². The number of para-hydroxylation sites is 2. The number of ether oxygens (including phenoxy) is 5. The van der Waals surface area contributed by atoms with E-state index in [1.807, 2.05) is 19.1 Å². The molecule has 0 N–H and O–H groups in total. The van der Waals surface area contributed by atoms with Crippen molar-refractivity contribution in [2.75, 3.05) is 34.5 Å². The molecule has 0 saturated heterocycles.